The molecule has 1 aromatic rings. The monoisotopic (exact) mass is 465 g/mol. The zero-order chi connectivity index (χ0) is 16.5. The minimum Gasteiger partial charge on any atom is -0.357 e. The number of aliphatic imine (C=N–C) groups is 1. The summed E-state index contributed by atoms with van der Waals surface area (Å²) < 4.78 is 0. The van der Waals surface area contributed by atoms with Crippen molar-refractivity contribution in [2.24, 2.45) is 4.99 Å². The van der Waals surface area contributed by atoms with Crippen molar-refractivity contribution in [3.05, 3.63) is 16.1 Å². The Morgan fingerprint density at radius 1 is 1.38 bits per heavy atom. The highest BCUT2D eigenvalue weighted by atomic mass is 127. The Balaban J connectivity index is 0.00000288. The first-order valence-electron chi connectivity index (χ1n) is 8.82. The van der Waals surface area contributed by atoms with Crippen LogP contribution in [0.5, 0.6) is 0 Å². The van der Waals surface area contributed by atoms with Crippen LogP contribution in [-0.4, -0.2) is 60.5 Å². The van der Waals surface area contributed by atoms with Crippen molar-refractivity contribution in [2.75, 3.05) is 39.8 Å². The second kappa shape index (κ2) is 12.0. The lowest BCUT2D eigenvalue weighted by molar-refractivity contribution is 0.331. The molecule has 5 nitrogen and oxygen atoms in total. The number of rotatable bonds is 8. The van der Waals surface area contributed by atoms with E-state index < -0.39 is 0 Å². The largest absolute Gasteiger partial charge is 0.357 e. The van der Waals surface area contributed by atoms with Gasteiger partial charge >= 0.3 is 0 Å². The summed E-state index contributed by atoms with van der Waals surface area (Å²) >= 11 is 1.71. The van der Waals surface area contributed by atoms with Crippen LogP contribution in [0.3, 0.4) is 0 Å². The summed E-state index contributed by atoms with van der Waals surface area (Å²) in [7, 11) is 2.08. The van der Waals surface area contributed by atoms with Crippen LogP contribution >= 0.6 is 35.3 Å². The topological polar surface area (TPSA) is 43.8 Å². The fourth-order valence-corrected chi connectivity index (χ4v) is 3.51. The second-order valence-corrected chi connectivity index (χ2v) is 7.27. The summed E-state index contributed by atoms with van der Waals surface area (Å²) in [6.07, 6.45) is 5.17. The summed E-state index contributed by atoms with van der Waals surface area (Å²) in [6, 6.07) is 0. The van der Waals surface area contributed by atoms with E-state index in [0.29, 0.717) is 0 Å². The maximum absolute atomic E-state index is 4.77. The van der Waals surface area contributed by atoms with Crippen LogP contribution < -0.4 is 5.32 Å². The van der Waals surface area contributed by atoms with E-state index in [4.69, 9.17) is 4.99 Å². The van der Waals surface area contributed by atoms with E-state index in [9.17, 15) is 0 Å². The highest BCUT2D eigenvalue weighted by molar-refractivity contribution is 14.0. The predicted octanol–water partition coefficient (Wildman–Crippen LogP) is 3.34. The number of hydrogen-bond acceptors (Lipinski definition) is 4. The lowest BCUT2D eigenvalue weighted by Gasteiger charge is -2.21. The van der Waals surface area contributed by atoms with Gasteiger partial charge in [0.2, 0.25) is 0 Å². The molecule has 0 saturated carbocycles. The Labute approximate surface area is 168 Å². The number of aryl methyl sites for hydroxylation is 1. The van der Waals surface area contributed by atoms with Crippen LogP contribution in [0.15, 0.2) is 10.4 Å². The molecule has 1 aliphatic rings. The number of guanidine groups is 1. The Hall–Kier alpha value is -0.410. The van der Waals surface area contributed by atoms with Crippen molar-refractivity contribution in [3.8, 4) is 0 Å². The Bertz CT molecular complexity index is 485. The molecule has 138 valence electrons. The van der Waals surface area contributed by atoms with Crippen molar-refractivity contribution in [3.63, 3.8) is 0 Å². The number of aromatic nitrogens is 1. The smallest absolute Gasteiger partial charge is 0.194 e. The third-order valence-corrected chi connectivity index (χ3v) is 4.93. The van der Waals surface area contributed by atoms with E-state index in [0.717, 1.165) is 42.7 Å². The van der Waals surface area contributed by atoms with E-state index in [-0.39, 0.29) is 24.0 Å². The van der Waals surface area contributed by atoms with Crippen molar-refractivity contribution < 1.29 is 0 Å². The fourth-order valence-electron chi connectivity index (χ4n) is 2.91. The van der Waals surface area contributed by atoms with Gasteiger partial charge in [0.1, 0.15) is 0 Å². The highest BCUT2D eigenvalue weighted by Gasteiger charge is 2.11. The van der Waals surface area contributed by atoms with Gasteiger partial charge in [-0.3, -0.25) is 4.99 Å². The quantitative estimate of drug-likeness (QED) is 0.277. The molecule has 2 heterocycles. The maximum atomic E-state index is 4.77. The van der Waals surface area contributed by atoms with Crippen LogP contribution in [0.4, 0.5) is 0 Å². The molecule has 0 aromatic carbocycles. The van der Waals surface area contributed by atoms with Gasteiger partial charge in [0, 0.05) is 25.5 Å². The van der Waals surface area contributed by atoms with Gasteiger partial charge in [-0.05, 0) is 59.2 Å². The zero-order valence-electron chi connectivity index (χ0n) is 15.3. The average molecular weight is 465 g/mol. The lowest BCUT2D eigenvalue weighted by atomic mass is 10.3. The van der Waals surface area contributed by atoms with E-state index in [1.165, 1.54) is 38.9 Å². The summed E-state index contributed by atoms with van der Waals surface area (Å²) in [6.45, 7) is 10.6. The first kappa shape index (κ1) is 21.6. The van der Waals surface area contributed by atoms with E-state index in [1.807, 2.05) is 6.92 Å². The number of likely N-dealkylation sites (tertiary alicyclic amines) is 1. The molecule has 1 aromatic heterocycles. The Morgan fingerprint density at radius 2 is 2.12 bits per heavy atom. The SMILES string of the molecule is CCNC(=NCCCCN1CCCC1)N(C)Cc1csc(C)n1.I. The van der Waals surface area contributed by atoms with Crippen molar-refractivity contribution in [1.82, 2.24) is 20.1 Å². The number of nitrogens with zero attached hydrogens (tertiary/aromatic N) is 4. The van der Waals surface area contributed by atoms with E-state index >= 15 is 0 Å². The second-order valence-electron chi connectivity index (χ2n) is 6.21. The summed E-state index contributed by atoms with van der Waals surface area (Å²) in [5.41, 5.74) is 1.12. The fraction of sp³-hybridized carbons (Fsp3) is 0.765. The molecule has 0 amide bonds. The van der Waals surface area contributed by atoms with Crippen molar-refractivity contribution in [2.45, 2.75) is 46.1 Å². The third-order valence-electron chi connectivity index (χ3n) is 4.10. The van der Waals surface area contributed by atoms with E-state index in [2.05, 4.69) is 39.5 Å². The van der Waals surface area contributed by atoms with Gasteiger partial charge in [0.25, 0.3) is 0 Å². The summed E-state index contributed by atoms with van der Waals surface area (Å²) in [5.74, 6) is 0.985. The first-order valence-corrected chi connectivity index (χ1v) is 9.70. The minimum atomic E-state index is 0. The van der Waals surface area contributed by atoms with Gasteiger partial charge in [-0.2, -0.15) is 0 Å². The summed E-state index contributed by atoms with van der Waals surface area (Å²) in [4.78, 5) is 14.0. The molecule has 0 unspecified atom stereocenters. The van der Waals surface area contributed by atoms with Crippen LogP contribution in [0.1, 0.15) is 43.3 Å². The molecule has 0 atom stereocenters. The Kier molecular flexibility index (Phi) is 10.8. The number of thiazole rings is 1. The van der Waals surface area contributed by atoms with Crippen LogP contribution in [0.25, 0.3) is 0 Å². The molecule has 2 rings (SSSR count). The Morgan fingerprint density at radius 3 is 2.75 bits per heavy atom. The van der Waals surface area contributed by atoms with Gasteiger partial charge < -0.3 is 15.1 Å². The molecule has 1 N–H and O–H groups in total. The lowest BCUT2D eigenvalue weighted by Crippen LogP contribution is -2.38. The maximum Gasteiger partial charge on any atom is 0.194 e. The van der Waals surface area contributed by atoms with Gasteiger partial charge in [0.05, 0.1) is 17.2 Å². The number of halogens is 1. The predicted molar refractivity (Wildman–Crippen MR) is 115 cm³/mol. The number of nitrogens with one attached hydrogen (secondary N) is 1. The molecular weight excluding hydrogens is 433 g/mol. The molecule has 0 aliphatic carbocycles. The van der Waals surface area contributed by atoms with Gasteiger partial charge in [-0.15, -0.1) is 35.3 Å². The molecular formula is C17H32IN5S. The number of hydrogen-bond donors (Lipinski definition) is 1. The highest BCUT2D eigenvalue weighted by Crippen LogP contribution is 2.10. The normalized spacial score (nSPS) is 15.4. The summed E-state index contributed by atoms with van der Waals surface area (Å²) in [5, 5.41) is 6.64. The zero-order valence-corrected chi connectivity index (χ0v) is 18.4. The molecule has 24 heavy (non-hydrogen) atoms. The van der Waals surface area contributed by atoms with Crippen LogP contribution in [-0.2, 0) is 6.54 Å². The van der Waals surface area contributed by atoms with Gasteiger partial charge in [-0.25, -0.2) is 4.98 Å². The van der Waals surface area contributed by atoms with Gasteiger partial charge in [-0.1, -0.05) is 0 Å². The van der Waals surface area contributed by atoms with Crippen LogP contribution in [0.2, 0.25) is 0 Å². The molecule has 7 heteroatoms. The first-order chi connectivity index (χ1) is 11.2. The van der Waals surface area contributed by atoms with E-state index in [1.54, 1.807) is 11.3 Å². The minimum absolute atomic E-state index is 0. The van der Waals surface area contributed by atoms with Crippen molar-refractivity contribution in [1.29, 1.82) is 0 Å². The molecule has 0 spiro atoms. The van der Waals surface area contributed by atoms with Crippen LogP contribution in [0, 0.1) is 6.92 Å². The molecule has 0 radical (unpaired) electrons. The van der Waals surface area contributed by atoms with Gasteiger partial charge in [0.15, 0.2) is 5.96 Å². The third kappa shape index (κ3) is 7.65. The molecule has 1 saturated heterocycles. The molecule has 1 fully saturated rings. The van der Waals surface area contributed by atoms with Crippen molar-refractivity contribution >= 4 is 41.3 Å². The number of unbranched alkanes of at least 4 members (excludes halogenated alkanes) is 1. The standard InChI is InChI=1S/C17H31N5S.HI/c1-4-18-17(21(3)13-16-14-23-15(2)20-16)19-9-5-6-10-22-11-7-8-12-22;/h14H,4-13H2,1-3H3,(H,18,19);1H. The molecule has 0 bridgehead atoms. The average Bonchev–Trinajstić information content (AvgIpc) is 3.17. The molecule has 1 aliphatic heterocycles.